The molecular weight excluding hydrogens is 186 g/mol. The topological polar surface area (TPSA) is 46.2 Å². The molecule has 0 saturated carbocycles. The normalized spacial score (nSPS) is 11.9. The van der Waals surface area contributed by atoms with E-state index in [0.29, 0.717) is 5.76 Å². The third-order valence-electron chi connectivity index (χ3n) is 2.73. The Labute approximate surface area is 94.6 Å². The van der Waals surface area contributed by atoms with E-state index in [1.165, 1.54) is 57.6 Å². The number of nitrogens with two attached hydrogens (primary N) is 1. The highest BCUT2D eigenvalue weighted by Crippen LogP contribution is 2.11. The van der Waals surface area contributed by atoms with E-state index in [1.807, 2.05) is 0 Å². The molecule has 0 aliphatic rings. The monoisotopic (exact) mass is 213 g/mol. The molecule has 3 N–H and O–H groups in total. The second-order valence-electron chi connectivity index (χ2n) is 4.24. The molecule has 0 fully saturated rings. The van der Waals surface area contributed by atoms with E-state index in [4.69, 9.17) is 10.8 Å². The van der Waals surface area contributed by atoms with Crippen LogP contribution in [0.15, 0.2) is 12.0 Å². The predicted octanol–water partition coefficient (Wildman–Crippen LogP) is 4.27. The fraction of sp³-hybridized carbons (Fsp3) is 0.846. The first kappa shape index (κ1) is 14.3. The molecule has 0 aromatic rings. The average molecular weight is 213 g/mol. The van der Waals surface area contributed by atoms with Gasteiger partial charge in [0.15, 0.2) is 0 Å². The highest BCUT2D eigenvalue weighted by atomic mass is 16.3. The van der Waals surface area contributed by atoms with Gasteiger partial charge >= 0.3 is 0 Å². The molecule has 0 amide bonds. The zero-order chi connectivity index (χ0) is 11.4. The van der Waals surface area contributed by atoms with Crippen molar-refractivity contribution in [3.63, 3.8) is 0 Å². The highest BCUT2D eigenvalue weighted by Gasteiger charge is 1.94. The molecule has 0 rings (SSSR count). The van der Waals surface area contributed by atoms with Crippen molar-refractivity contribution in [2.45, 2.75) is 71.1 Å². The van der Waals surface area contributed by atoms with Gasteiger partial charge in [0.05, 0.1) is 0 Å². The molecule has 0 aliphatic carbocycles. The van der Waals surface area contributed by atoms with Crippen molar-refractivity contribution in [2.75, 3.05) is 0 Å². The van der Waals surface area contributed by atoms with Gasteiger partial charge in [0.2, 0.25) is 0 Å². The third-order valence-corrected chi connectivity index (χ3v) is 2.73. The van der Waals surface area contributed by atoms with Gasteiger partial charge in [0.25, 0.3) is 0 Å². The molecule has 0 spiro atoms. The van der Waals surface area contributed by atoms with E-state index < -0.39 is 0 Å². The van der Waals surface area contributed by atoms with Crippen molar-refractivity contribution < 1.29 is 5.11 Å². The van der Waals surface area contributed by atoms with Gasteiger partial charge < -0.3 is 10.8 Å². The van der Waals surface area contributed by atoms with E-state index in [2.05, 4.69) is 6.92 Å². The number of aliphatic hydroxyl groups is 1. The maximum atomic E-state index is 9.09. The summed E-state index contributed by atoms with van der Waals surface area (Å²) in [6.45, 7) is 2.25. The molecule has 2 nitrogen and oxygen atoms in total. The predicted molar refractivity (Wildman–Crippen MR) is 66.7 cm³/mol. The second kappa shape index (κ2) is 11.4. The second-order valence-corrected chi connectivity index (χ2v) is 4.24. The Morgan fingerprint density at radius 3 is 1.87 bits per heavy atom. The lowest BCUT2D eigenvalue weighted by molar-refractivity contribution is 0.378. The molecule has 0 aliphatic heterocycles. The van der Waals surface area contributed by atoms with E-state index in [-0.39, 0.29) is 0 Å². The van der Waals surface area contributed by atoms with Crippen molar-refractivity contribution in [3.8, 4) is 0 Å². The molecule has 0 unspecified atom stereocenters. The van der Waals surface area contributed by atoms with Crippen LogP contribution in [0.1, 0.15) is 71.1 Å². The molecule has 2 heteroatoms. The van der Waals surface area contributed by atoms with Gasteiger partial charge in [-0.2, -0.15) is 0 Å². The third kappa shape index (κ3) is 11.3. The summed E-state index contributed by atoms with van der Waals surface area (Å²) in [7, 11) is 0. The number of aliphatic hydroxyl groups excluding tert-OH is 1. The van der Waals surface area contributed by atoms with Gasteiger partial charge in [-0.1, -0.05) is 58.3 Å². The Kier molecular flexibility index (Phi) is 10.9. The zero-order valence-electron chi connectivity index (χ0n) is 10.2. The van der Waals surface area contributed by atoms with E-state index in [0.717, 1.165) is 12.8 Å². The Morgan fingerprint density at radius 1 is 0.933 bits per heavy atom. The standard InChI is InChI=1S/C13H27NO/c1-2-3-4-5-6-7-8-9-10-11-13(15)12-14/h12,15H,2-11,14H2,1H3/b13-12-. The van der Waals surface area contributed by atoms with Gasteiger partial charge in [0, 0.05) is 12.6 Å². The summed E-state index contributed by atoms with van der Waals surface area (Å²) in [6.07, 6.45) is 13.8. The minimum absolute atomic E-state index is 0.331. The molecule has 0 heterocycles. The minimum atomic E-state index is 0.331. The molecule has 0 bridgehead atoms. The number of allylic oxidation sites excluding steroid dienone is 1. The van der Waals surface area contributed by atoms with Crippen LogP contribution in [0.4, 0.5) is 0 Å². The number of unbranched alkanes of at least 4 members (excludes halogenated alkanes) is 8. The van der Waals surface area contributed by atoms with Crippen LogP contribution in [0.3, 0.4) is 0 Å². The zero-order valence-corrected chi connectivity index (χ0v) is 10.2. The van der Waals surface area contributed by atoms with Crippen LogP contribution in [0, 0.1) is 0 Å². The number of hydrogen-bond donors (Lipinski definition) is 2. The Morgan fingerprint density at radius 2 is 1.40 bits per heavy atom. The SMILES string of the molecule is CCCCCCCCCCC/C(O)=C/N. The smallest absolute Gasteiger partial charge is 0.108 e. The van der Waals surface area contributed by atoms with Gasteiger partial charge in [-0.3, -0.25) is 0 Å². The van der Waals surface area contributed by atoms with Crippen molar-refractivity contribution in [3.05, 3.63) is 12.0 Å². The lowest BCUT2D eigenvalue weighted by Crippen LogP contribution is -1.88. The van der Waals surface area contributed by atoms with E-state index >= 15 is 0 Å². The van der Waals surface area contributed by atoms with Crippen molar-refractivity contribution in [2.24, 2.45) is 5.73 Å². The largest absolute Gasteiger partial charge is 0.511 e. The van der Waals surface area contributed by atoms with Crippen LogP contribution in [0.5, 0.6) is 0 Å². The van der Waals surface area contributed by atoms with Crippen LogP contribution in [0.2, 0.25) is 0 Å². The first-order valence-corrected chi connectivity index (χ1v) is 6.41. The van der Waals surface area contributed by atoms with Gasteiger partial charge in [-0.05, 0) is 6.42 Å². The van der Waals surface area contributed by atoms with Crippen LogP contribution in [-0.2, 0) is 0 Å². The van der Waals surface area contributed by atoms with Crippen LogP contribution in [0.25, 0.3) is 0 Å². The van der Waals surface area contributed by atoms with Crippen LogP contribution >= 0.6 is 0 Å². The molecule has 15 heavy (non-hydrogen) atoms. The number of hydrogen-bond acceptors (Lipinski definition) is 2. The summed E-state index contributed by atoms with van der Waals surface area (Å²) in [6, 6.07) is 0. The summed E-state index contributed by atoms with van der Waals surface area (Å²) in [5.74, 6) is 0.331. The Bertz CT molecular complexity index is 155. The van der Waals surface area contributed by atoms with Crippen molar-refractivity contribution in [1.29, 1.82) is 0 Å². The quantitative estimate of drug-likeness (QED) is 0.420. The molecule has 0 radical (unpaired) electrons. The fourth-order valence-corrected chi connectivity index (χ4v) is 1.70. The summed E-state index contributed by atoms with van der Waals surface area (Å²) in [5.41, 5.74) is 5.17. The van der Waals surface area contributed by atoms with Gasteiger partial charge in [0.1, 0.15) is 5.76 Å². The minimum Gasteiger partial charge on any atom is -0.511 e. The molecule has 0 aromatic heterocycles. The molecule has 0 aromatic carbocycles. The van der Waals surface area contributed by atoms with E-state index in [1.54, 1.807) is 0 Å². The molecule has 0 saturated heterocycles. The fourth-order valence-electron chi connectivity index (χ4n) is 1.70. The summed E-state index contributed by atoms with van der Waals surface area (Å²) >= 11 is 0. The first-order chi connectivity index (χ1) is 7.31. The van der Waals surface area contributed by atoms with Crippen molar-refractivity contribution >= 4 is 0 Å². The number of rotatable bonds is 10. The average Bonchev–Trinajstić information content (AvgIpc) is 2.26. The van der Waals surface area contributed by atoms with Crippen molar-refractivity contribution in [1.82, 2.24) is 0 Å². The van der Waals surface area contributed by atoms with Crippen LogP contribution in [-0.4, -0.2) is 5.11 Å². The highest BCUT2D eigenvalue weighted by molar-refractivity contribution is 4.85. The summed E-state index contributed by atoms with van der Waals surface area (Å²) in [5, 5.41) is 9.09. The lowest BCUT2D eigenvalue weighted by atomic mass is 10.1. The molecular formula is C13H27NO. The Hall–Kier alpha value is -0.660. The van der Waals surface area contributed by atoms with Crippen LogP contribution < -0.4 is 5.73 Å². The maximum absolute atomic E-state index is 9.09. The van der Waals surface area contributed by atoms with Gasteiger partial charge in [-0.15, -0.1) is 0 Å². The Balaban J connectivity index is 2.99. The molecule has 90 valence electrons. The summed E-state index contributed by atoms with van der Waals surface area (Å²) in [4.78, 5) is 0. The first-order valence-electron chi connectivity index (χ1n) is 6.41. The maximum Gasteiger partial charge on any atom is 0.108 e. The van der Waals surface area contributed by atoms with Gasteiger partial charge in [-0.25, -0.2) is 0 Å². The summed E-state index contributed by atoms with van der Waals surface area (Å²) < 4.78 is 0. The molecule has 0 atom stereocenters. The lowest BCUT2D eigenvalue weighted by Gasteiger charge is -2.01. The van der Waals surface area contributed by atoms with E-state index in [9.17, 15) is 0 Å².